The van der Waals surface area contributed by atoms with Gasteiger partial charge in [0.25, 0.3) is 0 Å². The number of aliphatic hydroxyl groups is 1. The molecule has 1 rings (SSSR count). The lowest BCUT2D eigenvalue weighted by Gasteiger charge is -2.37. The molecule has 0 aliphatic heterocycles. The second-order valence-electron chi connectivity index (χ2n) is 4.80. The summed E-state index contributed by atoms with van der Waals surface area (Å²) in [4.78, 5) is 11.9. The van der Waals surface area contributed by atoms with Crippen molar-refractivity contribution in [3.05, 3.63) is 23.3 Å². The first-order valence-corrected chi connectivity index (χ1v) is 5.46. The molecule has 84 valence electrons. The molecule has 0 amide bonds. The molecule has 0 bridgehead atoms. The minimum absolute atomic E-state index is 0.0405. The van der Waals surface area contributed by atoms with Crippen LogP contribution in [0.1, 0.15) is 40.5 Å². The lowest BCUT2D eigenvalue weighted by Crippen LogP contribution is -2.37. The van der Waals surface area contributed by atoms with Crippen LogP contribution in [0.5, 0.6) is 0 Å². The summed E-state index contributed by atoms with van der Waals surface area (Å²) < 4.78 is 0. The van der Waals surface area contributed by atoms with Crippen LogP contribution in [-0.2, 0) is 4.79 Å². The first kappa shape index (κ1) is 12.2. The van der Waals surface area contributed by atoms with Gasteiger partial charge < -0.3 is 5.11 Å². The molecule has 0 heterocycles. The Kier molecular flexibility index (Phi) is 3.50. The highest BCUT2D eigenvalue weighted by atomic mass is 16.3. The van der Waals surface area contributed by atoms with E-state index in [2.05, 4.69) is 0 Å². The van der Waals surface area contributed by atoms with Crippen molar-refractivity contribution >= 4 is 5.78 Å². The average Bonchev–Trinajstić information content (AvgIpc) is 2.12. The van der Waals surface area contributed by atoms with Gasteiger partial charge in [-0.25, -0.2) is 0 Å². The Balaban J connectivity index is 3.16. The summed E-state index contributed by atoms with van der Waals surface area (Å²) >= 11 is 0. The van der Waals surface area contributed by atoms with E-state index in [0.717, 1.165) is 24.0 Å². The van der Waals surface area contributed by atoms with Crippen LogP contribution in [0.25, 0.3) is 0 Å². The summed E-state index contributed by atoms with van der Waals surface area (Å²) in [5, 5.41) is 9.93. The van der Waals surface area contributed by atoms with Crippen molar-refractivity contribution in [3.8, 4) is 0 Å². The van der Waals surface area contributed by atoms with Gasteiger partial charge in [-0.05, 0) is 32.8 Å². The van der Waals surface area contributed by atoms with Crippen molar-refractivity contribution in [2.45, 2.75) is 46.6 Å². The molecule has 1 unspecified atom stereocenters. The van der Waals surface area contributed by atoms with E-state index in [1.165, 1.54) is 0 Å². The highest BCUT2D eigenvalue weighted by Gasteiger charge is 2.38. The Morgan fingerprint density at radius 3 is 2.67 bits per heavy atom. The summed E-state index contributed by atoms with van der Waals surface area (Å²) in [5.74, 6) is 0.0405. The molecule has 1 aliphatic rings. The van der Waals surface area contributed by atoms with Crippen molar-refractivity contribution in [2.75, 3.05) is 0 Å². The van der Waals surface area contributed by atoms with E-state index < -0.39 is 11.5 Å². The third-order valence-electron chi connectivity index (χ3n) is 3.26. The number of aliphatic hydroxyl groups excluding tert-OH is 1. The van der Waals surface area contributed by atoms with Gasteiger partial charge in [0.2, 0.25) is 0 Å². The summed E-state index contributed by atoms with van der Waals surface area (Å²) in [6, 6.07) is 0. The number of carbonyl (C=O) groups excluding carboxylic acids is 1. The number of hydrogen-bond acceptors (Lipinski definition) is 2. The fraction of sp³-hybridized carbons (Fsp3) is 0.615. The third kappa shape index (κ3) is 2.20. The number of ketones is 1. The maximum Gasteiger partial charge on any atom is 0.182 e. The average molecular weight is 208 g/mol. The van der Waals surface area contributed by atoms with E-state index >= 15 is 0 Å². The van der Waals surface area contributed by atoms with Gasteiger partial charge in [0.05, 0.1) is 6.10 Å². The highest BCUT2D eigenvalue weighted by molar-refractivity contribution is 6.05. The zero-order valence-electron chi connectivity index (χ0n) is 10.0. The van der Waals surface area contributed by atoms with E-state index in [1.54, 1.807) is 12.2 Å². The van der Waals surface area contributed by atoms with E-state index in [-0.39, 0.29) is 5.78 Å². The Morgan fingerprint density at radius 2 is 2.13 bits per heavy atom. The lowest BCUT2D eigenvalue weighted by molar-refractivity contribution is -0.113. The van der Waals surface area contributed by atoms with Crippen LogP contribution in [0.4, 0.5) is 0 Å². The van der Waals surface area contributed by atoms with Crippen LogP contribution in [-0.4, -0.2) is 17.0 Å². The Hall–Kier alpha value is -0.890. The zero-order valence-corrected chi connectivity index (χ0v) is 10.0. The quantitative estimate of drug-likeness (QED) is 0.708. The van der Waals surface area contributed by atoms with Crippen LogP contribution in [0.15, 0.2) is 23.3 Å². The molecule has 0 spiro atoms. The van der Waals surface area contributed by atoms with Crippen molar-refractivity contribution in [1.29, 1.82) is 0 Å². The largest absolute Gasteiger partial charge is 0.392 e. The van der Waals surface area contributed by atoms with Crippen molar-refractivity contribution in [3.63, 3.8) is 0 Å². The topological polar surface area (TPSA) is 37.3 Å². The zero-order chi connectivity index (χ0) is 11.6. The van der Waals surface area contributed by atoms with E-state index in [0.29, 0.717) is 0 Å². The summed E-state index contributed by atoms with van der Waals surface area (Å²) in [6.07, 6.45) is 4.50. The minimum Gasteiger partial charge on any atom is -0.392 e. The van der Waals surface area contributed by atoms with Crippen LogP contribution in [0.3, 0.4) is 0 Å². The summed E-state index contributed by atoms with van der Waals surface area (Å²) in [7, 11) is 0. The van der Waals surface area contributed by atoms with Crippen molar-refractivity contribution < 1.29 is 9.90 Å². The molecule has 15 heavy (non-hydrogen) atoms. The molecular formula is C13H20O2. The fourth-order valence-electron chi connectivity index (χ4n) is 2.32. The maximum absolute atomic E-state index is 11.9. The van der Waals surface area contributed by atoms with Gasteiger partial charge in [0, 0.05) is 11.0 Å². The Labute approximate surface area is 91.7 Å². The first-order valence-electron chi connectivity index (χ1n) is 5.46. The van der Waals surface area contributed by atoms with E-state index in [1.807, 2.05) is 27.7 Å². The van der Waals surface area contributed by atoms with Crippen LogP contribution >= 0.6 is 0 Å². The van der Waals surface area contributed by atoms with Crippen molar-refractivity contribution in [1.82, 2.24) is 0 Å². The molecule has 0 radical (unpaired) electrons. The number of hydrogen-bond donors (Lipinski definition) is 1. The monoisotopic (exact) mass is 208 g/mol. The molecule has 0 saturated carbocycles. The van der Waals surface area contributed by atoms with Gasteiger partial charge in [0.1, 0.15) is 0 Å². The van der Waals surface area contributed by atoms with Gasteiger partial charge >= 0.3 is 0 Å². The molecule has 2 nitrogen and oxygen atoms in total. The molecule has 0 saturated heterocycles. The molecule has 1 atom stereocenters. The number of rotatable bonds is 2. The predicted molar refractivity (Wildman–Crippen MR) is 61.5 cm³/mol. The smallest absolute Gasteiger partial charge is 0.182 e. The fourth-order valence-corrected chi connectivity index (χ4v) is 2.32. The van der Waals surface area contributed by atoms with Gasteiger partial charge in [-0.15, -0.1) is 0 Å². The normalized spacial score (nSPS) is 26.1. The van der Waals surface area contributed by atoms with Crippen LogP contribution < -0.4 is 0 Å². The first-order chi connectivity index (χ1) is 6.91. The second kappa shape index (κ2) is 4.31. The molecule has 0 fully saturated rings. The van der Waals surface area contributed by atoms with E-state index in [9.17, 15) is 9.90 Å². The maximum atomic E-state index is 11.9. The molecule has 2 heteroatoms. The summed E-state index contributed by atoms with van der Waals surface area (Å²) in [6.45, 7) is 7.71. The van der Waals surface area contributed by atoms with Gasteiger partial charge in [-0.1, -0.05) is 25.5 Å². The van der Waals surface area contributed by atoms with E-state index in [4.69, 9.17) is 0 Å². The van der Waals surface area contributed by atoms with Gasteiger partial charge in [-0.3, -0.25) is 4.79 Å². The van der Waals surface area contributed by atoms with Crippen LogP contribution in [0.2, 0.25) is 0 Å². The summed E-state index contributed by atoms with van der Waals surface area (Å²) in [5.41, 5.74) is 1.49. The minimum atomic E-state index is -0.418. The highest BCUT2D eigenvalue weighted by Crippen LogP contribution is 2.40. The van der Waals surface area contributed by atoms with Crippen LogP contribution in [0, 0.1) is 5.41 Å². The molecular weight excluding hydrogens is 188 g/mol. The molecule has 0 aromatic heterocycles. The molecule has 0 aromatic rings. The Bertz CT molecular complexity index is 321. The standard InChI is InChI=1S/C13H20O2/c1-5-6-10(14)12-9(2)7-8-11(15)13(12,3)4/h5-6,11,15H,7-8H2,1-4H3/b6-5+. The molecule has 0 aromatic carbocycles. The van der Waals surface area contributed by atoms with Gasteiger partial charge in [-0.2, -0.15) is 0 Å². The van der Waals surface area contributed by atoms with Crippen molar-refractivity contribution in [2.24, 2.45) is 5.41 Å². The third-order valence-corrected chi connectivity index (χ3v) is 3.26. The SMILES string of the molecule is C/C=C/C(=O)C1=C(C)CCC(O)C1(C)C. The number of carbonyl (C=O) groups is 1. The predicted octanol–water partition coefficient (Wildman–Crippen LogP) is 2.63. The number of allylic oxidation sites excluding steroid dienone is 3. The lowest BCUT2D eigenvalue weighted by atomic mass is 9.69. The van der Waals surface area contributed by atoms with Gasteiger partial charge in [0.15, 0.2) is 5.78 Å². The second-order valence-corrected chi connectivity index (χ2v) is 4.80. The Morgan fingerprint density at radius 1 is 1.53 bits per heavy atom. The molecule has 1 aliphatic carbocycles. The molecule has 1 N–H and O–H groups in total.